The maximum Gasteiger partial charge on any atom is 0.254 e. The number of carbonyl (C=O) groups excluding carboxylic acids is 1. The summed E-state index contributed by atoms with van der Waals surface area (Å²) in [4.78, 5) is 18.2. The number of fused-ring (bicyclic) bond motifs is 1. The predicted octanol–water partition coefficient (Wildman–Crippen LogP) is 3.51. The molecule has 1 aromatic carbocycles. The quantitative estimate of drug-likeness (QED) is 0.770. The maximum absolute atomic E-state index is 12.4. The number of thiazole rings is 1. The fourth-order valence-corrected chi connectivity index (χ4v) is 3.15. The second-order valence-electron chi connectivity index (χ2n) is 4.60. The molecule has 1 amide bonds. The van der Waals surface area contributed by atoms with E-state index in [1.807, 2.05) is 18.2 Å². The van der Waals surface area contributed by atoms with Gasteiger partial charge in [0.25, 0.3) is 5.91 Å². The number of carbonyl (C=O) groups is 1. The van der Waals surface area contributed by atoms with Gasteiger partial charge in [0.1, 0.15) is 5.76 Å². The number of halogens is 1. The second kappa shape index (κ2) is 5.50. The molecule has 0 unspecified atom stereocenters. The molecule has 2 aromatic heterocycles. The van der Waals surface area contributed by atoms with Crippen LogP contribution in [-0.4, -0.2) is 22.8 Å². The van der Waals surface area contributed by atoms with Crippen LogP contribution in [0.5, 0.6) is 0 Å². The number of nitrogens with two attached hydrogens (primary N) is 1. The Bertz CT molecular complexity index is 812. The van der Waals surface area contributed by atoms with E-state index in [4.69, 9.17) is 10.2 Å². The molecule has 3 rings (SSSR count). The van der Waals surface area contributed by atoms with Crippen molar-refractivity contribution in [2.75, 3.05) is 12.8 Å². The van der Waals surface area contributed by atoms with Crippen molar-refractivity contribution in [3.63, 3.8) is 0 Å². The highest BCUT2D eigenvalue weighted by Crippen LogP contribution is 2.25. The Morgan fingerprint density at radius 3 is 2.95 bits per heavy atom. The summed E-state index contributed by atoms with van der Waals surface area (Å²) in [6.45, 7) is 0.410. The van der Waals surface area contributed by atoms with Gasteiger partial charge in [-0.3, -0.25) is 4.79 Å². The van der Waals surface area contributed by atoms with E-state index in [9.17, 15) is 4.79 Å². The Kier molecular flexibility index (Phi) is 3.69. The van der Waals surface area contributed by atoms with Gasteiger partial charge >= 0.3 is 0 Å². The normalized spacial score (nSPS) is 11.0. The summed E-state index contributed by atoms with van der Waals surface area (Å²) in [6, 6.07) is 9.03. The molecule has 0 aliphatic rings. The highest BCUT2D eigenvalue weighted by atomic mass is 79.9. The van der Waals surface area contributed by atoms with Crippen molar-refractivity contribution in [2.24, 2.45) is 0 Å². The monoisotopic (exact) mass is 365 g/mol. The molecule has 3 aromatic rings. The molecule has 21 heavy (non-hydrogen) atoms. The second-order valence-corrected chi connectivity index (χ2v) is 6.45. The molecule has 0 fully saturated rings. The summed E-state index contributed by atoms with van der Waals surface area (Å²) in [5.74, 6) is 0.650. The van der Waals surface area contributed by atoms with E-state index in [2.05, 4.69) is 20.9 Å². The molecule has 2 N–H and O–H groups in total. The fraction of sp³-hybridized carbons (Fsp3) is 0.143. The van der Waals surface area contributed by atoms with Crippen molar-refractivity contribution >= 4 is 48.5 Å². The molecule has 5 nitrogen and oxygen atoms in total. The largest absolute Gasteiger partial charge is 0.452 e. The van der Waals surface area contributed by atoms with Crippen LogP contribution in [-0.2, 0) is 6.54 Å². The molecular weight excluding hydrogens is 354 g/mol. The standard InChI is InChI=1S/C14H12BrN3O2S/c1-18(7-9-3-5-12(15)20-9)13(19)8-2-4-10-11(6-8)21-14(16)17-10/h2-6H,7H2,1H3,(H2,16,17). The van der Waals surface area contributed by atoms with Gasteiger partial charge in [-0.1, -0.05) is 11.3 Å². The topological polar surface area (TPSA) is 72.4 Å². The van der Waals surface area contributed by atoms with Crippen molar-refractivity contribution in [1.82, 2.24) is 9.88 Å². The highest BCUT2D eigenvalue weighted by Gasteiger charge is 2.15. The number of amides is 1. The third-order valence-corrected chi connectivity index (χ3v) is 4.29. The first-order valence-corrected chi connectivity index (χ1v) is 7.79. The van der Waals surface area contributed by atoms with Gasteiger partial charge in [0, 0.05) is 12.6 Å². The van der Waals surface area contributed by atoms with Gasteiger partial charge < -0.3 is 15.1 Å². The van der Waals surface area contributed by atoms with E-state index in [0.29, 0.717) is 21.9 Å². The van der Waals surface area contributed by atoms with Crippen LogP contribution in [0.4, 0.5) is 5.13 Å². The van der Waals surface area contributed by atoms with Gasteiger partial charge in [-0.15, -0.1) is 0 Å². The van der Waals surface area contributed by atoms with Crippen molar-refractivity contribution in [3.05, 3.63) is 46.3 Å². The Morgan fingerprint density at radius 2 is 2.24 bits per heavy atom. The molecule has 0 saturated carbocycles. The average molecular weight is 366 g/mol. The zero-order chi connectivity index (χ0) is 15.0. The Hall–Kier alpha value is -1.86. The summed E-state index contributed by atoms with van der Waals surface area (Å²) in [5, 5.41) is 0.503. The van der Waals surface area contributed by atoms with Crippen LogP contribution < -0.4 is 5.73 Å². The number of nitrogen functional groups attached to an aromatic ring is 1. The van der Waals surface area contributed by atoms with E-state index in [1.165, 1.54) is 11.3 Å². The fourth-order valence-electron chi connectivity index (χ4n) is 2.04. The third-order valence-electron chi connectivity index (χ3n) is 3.02. The van der Waals surface area contributed by atoms with E-state index >= 15 is 0 Å². The molecule has 0 saturated heterocycles. The number of aromatic nitrogens is 1. The minimum Gasteiger partial charge on any atom is -0.452 e. The molecule has 2 heterocycles. The Balaban J connectivity index is 1.81. The maximum atomic E-state index is 12.4. The van der Waals surface area contributed by atoms with Gasteiger partial charge in [0.05, 0.1) is 16.8 Å². The summed E-state index contributed by atoms with van der Waals surface area (Å²) in [5.41, 5.74) is 7.10. The number of furan rings is 1. The number of hydrogen-bond acceptors (Lipinski definition) is 5. The molecule has 108 valence electrons. The molecular formula is C14H12BrN3O2S. The summed E-state index contributed by atoms with van der Waals surface area (Å²) < 4.78 is 6.97. The lowest BCUT2D eigenvalue weighted by Gasteiger charge is -2.15. The first kappa shape index (κ1) is 14.1. The number of rotatable bonds is 3. The molecule has 0 spiro atoms. The van der Waals surface area contributed by atoms with Crippen LogP contribution in [0.2, 0.25) is 0 Å². The van der Waals surface area contributed by atoms with Gasteiger partial charge in [0.15, 0.2) is 9.80 Å². The van der Waals surface area contributed by atoms with Gasteiger partial charge in [-0.25, -0.2) is 4.98 Å². The highest BCUT2D eigenvalue weighted by molar-refractivity contribution is 9.10. The number of hydrogen-bond donors (Lipinski definition) is 1. The third kappa shape index (κ3) is 2.93. The van der Waals surface area contributed by atoms with Crippen LogP contribution in [0.3, 0.4) is 0 Å². The lowest BCUT2D eigenvalue weighted by Crippen LogP contribution is -2.25. The molecule has 0 bridgehead atoms. The SMILES string of the molecule is CN(Cc1ccc(Br)o1)C(=O)c1ccc2nc(N)sc2c1. The van der Waals surface area contributed by atoms with Crippen LogP contribution in [0.1, 0.15) is 16.1 Å². The van der Waals surface area contributed by atoms with Crippen molar-refractivity contribution < 1.29 is 9.21 Å². The van der Waals surface area contributed by atoms with Gasteiger partial charge in [-0.05, 0) is 46.3 Å². The van der Waals surface area contributed by atoms with Crippen molar-refractivity contribution in [3.8, 4) is 0 Å². The minimum absolute atomic E-state index is 0.0728. The lowest BCUT2D eigenvalue weighted by atomic mass is 10.2. The Morgan fingerprint density at radius 1 is 1.43 bits per heavy atom. The molecule has 0 aliphatic heterocycles. The van der Waals surface area contributed by atoms with E-state index in [1.54, 1.807) is 24.1 Å². The van der Waals surface area contributed by atoms with E-state index < -0.39 is 0 Å². The molecule has 0 radical (unpaired) electrons. The number of nitrogens with zero attached hydrogens (tertiary/aromatic N) is 2. The average Bonchev–Trinajstić information content (AvgIpc) is 3.01. The first-order chi connectivity index (χ1) is 10.0. The summed E-state index contributed by atoms with van der Waals surface area (Å²) >= 11 is 4.62. The smallest absolute Gasteiger partial charge is 0.254 e. The number of benzene rings is 1. The minimum atomic E-state index is -0.0728. The van der Waals surface area contributed by atoms with Crippen LogP contribution in [0, 0.1) is 0 Å². The Labute approximate surface area is 133 Å². The molecule has 0 atom stereocenters. The first-order valence-electron chi connectivity index (χ1n) is 6.18. The van der Waals surface area contributed by atoms with Crippen molar-refractivity contribution in [1.29, 1.82) is 0 Å². The van der Waals surface area contributed by atoms with Crippen molar-refractivity contribution in [2.45, 2.75) is 6.54 Å². The van der Waals surface area contributed by atoms with Gasteiger partial charge in [-0.2, -0.15) is 0 Å². The number of anilines is 1. The lowest BCUT2D eigenvalue weighted by molar-refractivity contribution is 0.0775. The predicted molar refractivity (Wildman–Crippen MR) is 86.2 cm³/mol. The molecule has 0 aliphatic carbocycles. The zero-order valence-corrected chi connectivity index (χ0v) is 13.6. The molecule has 7 heteroatoms. The van der Waals surface area contributed by atoms with Crippen LogP contribution in [0.15, 0.2) is 39.4 Å². The van der Waals surface area contributed by atoms with E-state index in [0.717, 1.165) is 16.0 Å². The van der Waals surface area contributed by atoms with Gasteiger partial charge in [0.2, 0.25) is 0 Å². The summed E-state index contributed by atoms with van der Waals surface area (Å²) in [6.07, 6.45) is 0. The van der Waals surface area contributed by atoms with Crippen LogP contribution >= 0.6 is 27.3 Å². The summed E-state index contributed by atoms with van der Waals surface area (Å²) in [7, 11) is 1.74. The zero-order valence-electron chi connectivity index (χ0n) is 11.2. The van der Waals surface area contributed by atoms with E-state index in [-0.39, 0.29) is 5.91 Å². The van der Waals surface area contributed by atoms with Crippen LogP contribution in [0.25, 0.3) is 10.2 Å².